The van der Waals surface area contributed by atoms with E-state index in [1.165, 1.54) is 11.1 Å². The minimum absolute atomic E-state index is 0.0564. The highest BCUT2D eigenvalue weighted by Crippen LogP contribution is 2.31. The maximum Gasteiger partial charge on any atom is 0.231 e. The number of likely N-dealkylation sites (tertiary alicyclic amines) is 1. The molecule has 0 unspecified atom stereocenters. The van der Waals surface area contributed by atoms with Crippen LogP contribution in [-0.4, -0.2) is 34.0 Å². The molecule has 1 atom stereocenters. The highest BCUT2D eigenvalue weighted by Gasteiger charge is 2.30. The van der Waals surface area contributed by atoms with E-state index in [4.69, 9.17) is 4.52 Å². The van der Waals surface area contributed by atoms with Crippen molar-refractivity contribution < 1.29 is 9.32 Å². The van der Waals surface area contributed by atoms with Gasteiger partial charge in [0.05, 0.1) is 5.92 Å². The van der Waals surface area contributed by atoms with E-state index in [9.17, 15) is 4.79 Å². The third-order valence-corrected chi connectivity index (χ3v) is 5.45. The Bertz CT molecular complexity index is 868. The Hall–Kier alpha value is -2.95. The fraction of sp³-hybridized carbons (Fsp3) is 0.348. The quantitative estimate of drug-likeness (QED) is 0.667. The van der Waals surface area contributed by atoms with Crippen LogP contribution in [0.2, 0.25) is 0 Å². The minimum atomic E-state index is 0.0564. The second kappa shape index (κ2) is 8.38. The zero-order valence-corrected chi connectivity index (χ0v) is 16.1. The topological polar surface area (TPSA) is 59.2 Å². The normalized spacial score (nSPS) is 17.1. The molecule has 5 heteroatoms. The van der Waals surface area contributed by atoms with Crippen LogP contribution >= 0.6 is 0 Å². The first kappa shape index (κ1) is 18.4. The number of piperidine rings is 1. The third kappa shape index (κ3) is 4.14. The summed E-state index contributed by atoms with van der Waals surface area (Å²) >= 11 is 0. The minimum Gasteiger partial charge on any atom is -0.342 e. The van der Waals surface area contributed by atoms with Crippen LogP contribution in [0.5, 0.6) is 0 Å². The molecule has 3 aromatic rings. The van der Waals surface area contributed by atoms with Gasteiger partial charge in [0.25, 0.3) is 0 Å². The average Bonchev–Trinajstić information content (AvgIpc) is 3.19. The maximum atomic E-state index is 13.2. The van der Waals surface area contributed by atoms with Gasteiger partial charge < -0.3 is 9.42 Å². The third-order valence-electron chi connectivity index (χ3n) is 5.45. The Kier molecular flexibility index (Phi) is 5.51. The molecule has 1 amide bonds. The number of aromatic nitrogens is 2. The summed E-state index contributed by atoms with van der Waals surface area (Å²) in [6, 6.07) is 20.6. The predicted octanol–water partition coefficient (Wildman–Crippen LogP) is 4.31. The average molecular weight is 375 g/mol. The Morgan fingerprint density at radius 2 is 1.75 bits per heavy atom. The van der Waals surface area contributed by atoms with Crippen LogP contribution < -0.4 is 0 Å². The van der Waals surface area contributed by atoms with Crippen molar-refractivity contribution in [3.05, 3.63) is 83.5 Å². The molecule has 0 radical (unpaired) electrons. The van der Waals surface area contributed by atoms with Gasteiger partial charge in [0.2, 0.25) is 11.8 Å². The number of nitrogens with zero attached hydrogens (tertiary/aromatic N) is 3. The van der Waals surface area contributed by atoms with Gasteiger partial charge in [-0.2, -0.15) is 4.98 Å². The summed E-state index contributed by atoms with van der Waals surface area (Å²) in [5, 5.41) is 3.90. The van der Waals surface area contributed by atoms with Gasteiger partial charge in [-0.3, -0.25) is 4.79 Å². The van der Waals surface area contributed by atoms with E-state index in [1.807, 2.05) is 48.2 Å². The van der Waals surface area contributed by atoms with Crippen LogP contribution in [0.25, 0.3) is 0 Å². The lowest BCUT2D eigenvalue weighted by molar-refractivity contribution is -0.132. The number of hydrogen-bond donors (Lipinski definition) is 0. The number of carbonyl (C=O) groups is 1. The van der Waals surface area contributed by atoms with E-state index in [1.54, 1.807) is 0 Å². The molecule has 2 aromatic carbocycles. The number of carbonyl (C=O) groups excluding carboxylic acids is 1. The molecule has 1 aliphatic rings. The highest BCUT2D eigenvalue weighted by molar-refractivity contribution is 5.78. The summed E-state index contributed by atoms with van der Waals surface area (Å²) in [6.45, 7) is 3.26. The van der Waals surface area contributed by atoms with Gasteiger partial charge in [-0.1, -0.05) is 65.8 Å². The van der Waals surface area contributed by atoms with Crippen molar-refractivity contribution in [2.45, 2.75) is 38.0 Å². The molecule has 5 nitrogen and oxygen atoms in total. The van der Waals surface area contributed by atoms with E-state index < -0.39 is 0 Å². The number of hydrogen-bond acceptors (Lipinski definition) is 4. The summed E-state index contributed by atoms with van der Waals surface area (Å²) < 4.78 is 5.35. The van der Waals surface area contributed by atoms with Crippen molar-refractivity contribution in [2.24, 2.45) is 0 Å². The van der Waals surface area contributed by atoms with Crippen LogP contribution in [0.4, 0.5) is 0 Å². The first-order valence-corrected chi connectivity index (χ1v) is 9.88. The lowest BCUT2D eigenvalue weighted by Gasteiger charge is -2.32. The van der Waals surface area contributed by atoms with Gasteiger partial charge >= 0.3 is 0 Å². The van der Waals surface area contributed by atoms with Gasteiger partial charge in [-0.05, 0) is 30.9 Å². The number of benzene rings is 2. The van der Waals surface area contributed by atoms with Crippen LogP contribution in [0.1, 0.15) is 53.9 Å². The standard InChI is InChI=1S/C23H25N3O2/c1-17-24-23(28-25-17)20-13-8-14-26(16-20)22(27)15-21(18-9-4-2-5-10-18)19-11-6-3-7-12-19/h2-7,9-12,20-21H,8,13-16H2,1H3/t20-/m1/s1. The van der Waals surface area contributed by atoms with E-state index in [2.05, 4.69) is 34.4 Å². The molecular formula is C23H25N3O2. The fourth-order valence-corrected chi connectivity index (χ4v) is 3.99. The van der Waals surface area contributed by atoms with Crippen molar-refractivity contribution in [1.82, 2.24) is 15.0 Å². The highest BCUT2D eigenvalue weighted by atomic mass is 16.5. The van der Waals surface area contributed by atoms with Gasteiger partial charge in [0, 0.05) is 25.4 Å². The second-order valence-electron chi connectivity index (χ2n) is 7.44. The lowest BCUT2D eigenvalue weighted by atomic mass is 9.87. The molecule has 1 aromatic heterocycles. The molecular weight excluding hydrogens is 350 g/mol. The predicted molar refractivity (Wildman–Crippen MR) is 107 cm³/mol. The molecule has 1 saturated heterocycles. The van der Waals surface area contributed by atoms with E-state index >= 15 is 0 Å². The van der Waals surface area contributed by atoms with Gasteiger partial charge in [-0.15, -0.1) is 0 Å². The molecule has 0 spiro atoms. The molecule has 28 heavy (non-hydrogen) atoms. The number of aryl methyl sites for hydroxylation is 1. The monoisotopic (exact) mass is 375 g/mol. The smallest absolute Gasteiger partial charge is 0.231 e. The Labute approximate surface area is 165 Å². The van der Waals surface area contributed by atoms with Crippen LogP contribution in [0, 0.1) is 6.92 Å². The van der Waals surface area contributed by atoms with Crippen LogP contribution in [-0.2, 0) is 4.79 Å². The largest absolute Gasteiger partial charge is 0.342 e. The maximum absolute atomic E-state index is 13.2. The SMILES string of the molecule is Cc1noc([C@@H]2CCCN(C(=O)CC(c3ccccc3)c3ccccc3)C2)n1. The molecule has 1 aliphatic heterocycles. The Morgan fingerprint density at radius 1 is 1.11 bits per heavy atom. The molecule has 0 saturated carbocycles. The lowest BCUT2D eigenvalue weighted by Crippen LogP contribution is -2.39. The number of rotatable bonds is 5. The van der Waals surface area contributed by atoms with E-state index in [0.29, 0.717) is 24.7 Å². The van der Waals surface area contributed by atoms with Crippen LogP contribution in [0.15, 0.2) is 65.2 Å². The van der Waals surface area contributed by atoms with Crippen molar-refractivity contribution >= 4 is 5.91 Å². The fourth-order valence-electron chi connectivity index (χ4n) is 3.99. The molecule has 2 heterocycles. The van der Waals surface area contributed by atoms with Crippen molar-refractivity contribution in [3.8, 4) is 0 Å². The zero-order chi connectivity index (χ0) is 19.3. The summed E-state index contributed by atoms with van der Waals surface area (Å²) in [5.74, 6) is 1.66. The summed E-state index contributed by atoms with van der Waals surface area (Å²) in [6.07, 6.45) is 2.40. The molecule has 0 aliphatic carbocycles. The van der Waals surface area contributed by atoms with Crippen LogP contribution in [0.3, 0.4) is 0 Å². The van der Waals surface area contributed by atoms with Gasteiger partial charge in [0.15, 0.2) is 5.82 Å². The first-order chi connectivity index (χ1) is 13.7. The van der Waals surface area contributed by atoms with Crippen molar-refractivity contribution in [3.63, 3.8) is 0 Å². The Morgan fingerprint density at radius 3 is 2.32 bits per heavy atom. The molecule has 4 rings (SSSR count). The molecule has 1 fully saturated rings. The summed E-state index contributed by atoms with van der Waals surface area (Å²) in [4.78, 5) is 19.5. The van der Waals surface area contributed by atoms with Gasteiger partial charge in [0.1, 0.15) is 0 Å². The first-order valence-electron chi connectivity index (χ1n) is 9.88. The van der Waals surface area contributed by atoms with E-state index in [0.717, 1.165) is 19.4 Å². The summed E-state index contributed by atoms with van der Waals surface area (Å²) in [7, 11) is 0. The molecule has 0 bridgehead atoms. The second-order valence-corrected chi connectivity index (χ2v) is 7.44. The number of amides is 1. The van der Waals surface area contributed by atoms with Crippen molar-refractivity contribution in [1.29, 1.82) is 0 Å². The molecule has 0 N–H and O–H groups in total. The van der Waals surface area contributed by atoms with E-state index in [-0.39, 0.29) is 17.7 Å². The zero-order valence-electron chi connectivity index (χ0n) is 16.1. The van der Waals surface area contributed by atoms with Crippen molar-refractivity contribution in [2.75, 3.05) is 13.1 Å². The van der Waals surface area contributed by atoms with Gasteiger partial charge in [-0.25, -0.2) is 0 Å². The summed E-state index contributed by atoms with van der Waals surface area (Å²) in [5.41, 5.74) is 2.34. The Balaban J connectivity index is 1.51. The molecule has 144 valence electrons.